The molecule has 2 aromatic rings. The van der Waals surface area contributed by atoms with Crippen LogP contribution in [-0.4, -0.2) is 34.9 Å². The number of para-hydroxylation sites is 1. The normalized spacial score (nSPS) is 12.3. The third-order valence-corrected chi connectivity index (χ3v) is 3.48. The van der Waals surface area contributed by atoms with Crippen LogP contribution in [0.5, 0.6) is 0 Å². The standard InChI is InChI=1S/C16H23N3O2/c1-13(8-12-20)18-16(21)17-9-4-10-19-11-7-14-5-2-3-6-15(14)19/h2-3,5-7,11,13,20H,4,8-10,12H2,1H3,(H2,17,18,21)/t13-/m1/s1. The van der Waals surface area contributed by atoms with E-state index in [1.807, 2.05) is 19.1 Å². The molecule has 0 aliphatic rings. The van der Waals surface area contributed by atoms with Gasteiger partial charge in [0.1, 0.15) is 0 Å². The van der Waals surface area contributed by atoms with Gasteiger partial charge in [-0.05, 0) is 37.3 Å². The van der Waals surface area contributed by atoms with E-state index in [1.54, 1.807) is 0 Å². The summed E-state index contributed by atoms with van der Waals surface area (Å²) in [5.74, 6) is 0. The molecule has 5 heteroatoms. The van der Waals surface area contributed by atoms with Crippen molar-refractivity contribution in [2.75, 3.05) is 13.2 Å². The zero-order chi connectivity index (χ0) is 15.1. The first kappa shape index (κ1) is 15.4. The van der Waals surface area contributed by atoms with Gasteiger partial charge in [0, 0.05) is 37.5 Å². The average molecular weight is 289 g/mol. The van der Waals surface area contributed by atoms with Gasteiger partial charge >= 0.3 is 6.03 Å². The molecular formula is C16H23N3O2. The fourth-order valence-electron chi connectivity index (χ4n) is 2.33. The predicted molar refractivity (Wildman–Crippen MR) is 84.3 cm³/mol. The summed E-state index contributed by atoms with van der Waals surface area (Å²) in [5.41, 5.74) is 1.22. The number of benzene rings is 1. The van der Waals surface area contributed by atoms with E-state index in [1.165, 1.54) is 10.9 Å². The molecule has 0 unspecified atom stereocenters. The lowest BCUT2D eigenvalue weighted by atomic mass is 10.2. The first-order chi connectivity index (χ1) is 10.2. The maximum absolute atomic E-state index is 11.6. The summed E-state index contributed by atoms with van der Waals surface area (Å²) < 4.78 is 2.20. The number of aliphatic hydroxyl groups excluding tert-OH is 1. The Labute approximate surface area is 125 Å². The SMILES string of the molecule is C[C@H](CCO)NC(=O)NCCCn1ccc2ccccc21. The van der Waals surface area contributed by atoms with Crippen LogP contribution in [0.15, 0.2) is 36.5 Å². The second-order valence-electron chi connectivity index (χ2n) is 5.24. The topological polar surface area (TPSA) is 66.3 Å². The smallest absolute Gasteiger partial charge is 0.314 e. The van der Waals surface area contributed by atoms with Crippen LogP contribution < -0.4 is 10.6 Å². The number of amides is 2. The van der Waals surface area contributed by atoms with Crippen molar-refractivity contribution in [3.63, 3.8) is 0 Å². The molecule has 0 radical (unpaired) electrons. The molecule has 0 saturated carbocycles. The van der Waals surface area contributed by atoms with Crippen molar-refractivity contribution in [2.24, 2.45) is 0 Å². The highest BCUT2D eigenvalue weighted by atomic mass is 16.3. The molecule has 2 amide bonds. The Morgan fingerprint density at radius 1 is 1.33 bits per heavy atom. The Hall–Kier alpha value is -2.01. The van der Waals surface area contributed by atoms with Crippen molar-refractivity contribution in [3.05, 3.63) is 36.5 Å². The molecule has 0 fully saturated rings. The highest BCUT2D eigenvalue weighted by Crippen LogP contribution is 2.15. The monoisotopic (exact) mass is 289 g/mol. The summed E-state index contributed by atoms with van der Waals surface area (Å²) in [4.78, 5) is 11.6. The second-order valence-corrected chi connectivity index (χ2v) is 5.24. The van der Waals surface area contributed by atoms with Crippen LogP contribution in [0.25, 0.3) is 10.9 Å². The van der Waals surface area contributed by atoms with Gasteiger partial charge in [0.2, 0.25) is 0 Å². The Bertz CT molecular complexity index is 580. The summed E-state index contributed by atoms with van der Waals surface area (Å²) >= 11 is 0. The first-order valence-corrected chi connectivity index (χ1v) is 7.40. The minimum atomic E-state index is -0.173. The van der Waals surface area contributed by atoms with E-state index in [2.05, 4.69) is 39.6 Å². The molecule has 0 saturated heterocycles. The number of carbonyl (C=O) groups excluding carboxylic acids is 1. The summed E-state index contributed by atoms with van der Waals surface area (Å²) in [7, 11) is 0. The lowest BCUT2D eigenvalue weighted by molar-refractivity contribution is 0.231. The summed E-state index contributed by atoms with van der Waals surface area (Å²) in [6.07, 6.45) is 3.53. The summed E-state index contributed by atoms with van der Waals surface area (Å²) in [6.45, 7) is 3.47. The van der Waals surface area contributed by atoms with Gasteiger partial charge in [0.15, 0.2) is 0 Å². The predicted octanol–water partition coefficient (Wildman–Crippen LogP) is 2.10. The van der Waals surface area contributed by atoms with Gasteiger partial charge in [-0.15, -0.1) is 0 Å². The van der Waals surface area contributed by atoms with Gasteiger partial charge in [-0.1, -0.05) is 18.2 Å². The third-order valence-electron chi connectivity index (χ3n) is 3.48. The number of nitrogens with one attached hydrogen (secondary N) is 2. The Morgan fingerprint density at radius 3 is 2.95 bits per heavy atom. The average Bonchev–Trinajstić information content (AvgIpc) is 2.87. The molecule has 114 valence electrons. The molecule has 1 aromatic carbocycles. The number of hydrogen-bond acceptors (Lipinski definition) is 2. The van der Waals surface area contributed by atoms with E-state index < -0.39 is 0 Å². The number of aryl methyl sites for hydroxylation is 1. The molecule has 21 heavy (non-hydrogen) atoms. The van der Waals surface area contributed by atoms with E-state index in [-0.39, 0.29) is 18.7 Å². The van der Waals surface area contributed by atoms with Crippen molar-refractivity contribution in [1.29, 1.82) is 0 Å². The highest BCUT2D eigenvalue weighted by Gasteiger charge is 2.05. The lowest BCUT2D eigenvalue weighted by Gasteiger charge is -2.13. The molecule has 0 bridgehead atoms. The van der Waals surface area contributed by atoms with Crippen molar-refractivity contribution in [3.8, 4) is 0 Å². The van der Waals surface area contributed by atoms with E-state index >= 15 is 0 Å². The Balaban J connectivity index is 1.71. The van der Waals surface area contributed by atoms with Gasteiger partial charge in [0.25, 0.3) is 0 Å². The highest BCUT2D eigenvalue weighted by molar-refractivity contribution is 5.79. The zero-order valence-electron chi connectivity index (χ0n) is 12.4. The summed E-state index contributed by atoms with van der Waals surface area (Å²) in [5, 5.41) is 15.6. The number of aromatic nitrogens is 1. The maximum Gasteiger partial charge on any atom is 0.314 e. The van der Waals surface area contributed by atoms with E-state index in [0.717, 1.165) is 13.0 Å². The first-order valence-electron chi connectivity index (χ1n) is 7.40. The maximum atomic E-state index is 11.6. The molecule has 1 atom stereocenters. The van der Waals surface area contributed by atoms with E-state index in [0.29, 0.717) is 13.0 Å². The number of urea groups is 1. The Kier molecular flexibility index (Phi) is 5.63. The zero-order valence-corrected chi connectivity index (χ0v) is 12.4. The van der Waals surface area contributed by atoms with Gasteiger partial charge in [-0.25, -0.2) is 4.79 Å². The van der Waals surface area contributed by atoms with Crippen LogP contribution in [0.2, 0.25) is 0 Å². The number of aliphatic hydroxyl groups is 1. The minimum absolute atomic E-state index is 0.0107. The molecule has 3 N–H and O–H groups in total. The van der Waals surface area contributed by atoms with Crippen LogP contribution in [0.4, 0.5) is 4.79 Å². The number of nitrogens with zero attached hydrogens (tertiary/aromatic N) is 1. The van der Waals surface area contributed by atoms with Crippen molar-refractivity contribution >= 4 is 16.9 Å². The van der Waals surface area contributed by atoms with Crippen LogP contribution in [0, 0.1) is 0 Å². The van der Waals surface area contributed by atoms with Gasteiger partial charge < -0.3 is 20.3 Å². The van der Waals surface area contributed by atoms with Crippen LogP contribution in [0.3, 0.4) is 0 Å². The van der Waals surface area contributed by atoms with Crippen molar-refractivity contribution in [1.82, 2.24) is 15.2 Å². The van der Waals surface area contributed by atoms with E-state index in [4.69, 9.17) is 5.11 Å². The van der Waals surface area contributed by atoms with Crippen molar-refractivity contribution < 1.29 is 9.90 Å². The van der Waals surface area contributed by atoms with E-state index in [9.17, 15) is 4.79 Å². The number of carbonyl (C=O) groups is 1. The van der Waals surface area contributed by atoms with Crippen LogP contribution in [0.1, 0.15) is 19.8 Å². The molecular weight excluding hydrogens is 266 g/mol. The Morgan fingerprint density at radius 2 is 2.14 bits per heavy atom. The fraction of sp³-hybridized carbons (Fsp3) is 0.438. The molecule has 0 aliphatic heterocycles. The lowest BCUT2D eigenvalue weighted by Crippen LogP contribution is -2.41. The minimum Gasteiger partial charge on any atom is -0.396 e. The van der Waals surface area contributed by atoms with Gasteiger partial charge in [0.05, 0.1) is 0 Å². The molecule has 5 nitrogen and oxygen atoms in total. The van der Waals surface area contributed by atoms with Crippen molar-refractivity contribution in [2.45, 2.75) is 32.4 Å². The number of rotatable bonds is 7. The van der Waals surface area contributed by atoms with Gasteiger partial charge in [-0.2, -0.15) is 0 Å². The van der Waals surface area contributed by atoms with Gasteiger partial charge in [-0.3, -0.25) is 0 Å². The fourth-order valence-corrected chi connectivity index (χ4v) is 2.33. The molecule has 2 rings (SSSR count). The van der Waals surface area contributed by atoms with Crippen LogP contribution >= 0.6 is 0 Å². The molecule has 0 spiro atoms. The molecule has 1 aromatic heterocycles. The molecule has 1 heterocycles. The molecule has 0 aliphatic carbocycles. The quantitative estimate of drug-likeness (QED) is 0.683. The van der Waals surface area contributed by atoms with Crippen LogP contribution in [-0.2, 0) is 6.54 Å². The number of fused-ring (bicyclic) bond motifs is 1. The third kappa shape index (κ3) is 4.49. The second kappa shape index (κ2) is 7.69. The number of hydrogen-bond donors (Lipinski definition) is 3. The summed E-state index contributed by atoms with van der Waals surface area (Å²) in [6, 6.07) is 10.2. The largest absolute Gasteiger partial charge is 0.396 e.